The van der Waals surface area contributed by atoms with Crippen molar-refractivity contribution in [3.8, 4) is 0 Å². The van der Waals surface area contributed by atoms with Crippen LogP contribution in [-0.4, -0.2) is 59.6 Å². The maximum absolute atomic E-state index is 11.3. The summed E-state index contributed by atoms with van der Waals surface area (Å²) in [6, 6.07) is 11.3. The molecule has 4 nitrogen and oxygen atoms in total. The van der Waals surface area contributed by atoms with Gasteiger partial charge in [-0.25, -0.2) is 0 Å². The lowest BCUT2D eigenvalue weighted by Crippen LogP contribution is -2.41. The molecule has 1 heterocycles. The molecule has 2 aliphatic rings. The first kappa shape index (κ1) is 23.3. The van der Waals surface area contributed by atoms with Crippen LogP contribution in [0.4, 0.5) is 0 Å². The van der Waals surface area contributed by atoms with Gasteiger partial charge >= 0.3 is 5.97 Å². The second-order valence-corrected chi connectivity index (χ2v) is 10.2. The van der Waals surface area contributed by atoms with Crippen LogP contribution in [0.2, 0.25) is 0 Å². The SMILES string of the molecule is CC(C)CN(CC(=O)O)C1CC[C@@H](CN2CCC(CCCc3ccccc3)CC2)C1. The Kier molecular flexibility index (Phi) is 9.20. The number of carboxylic acids is 1. The van der Waals surface area contributed by atoms with E-state index < -0.39 is 5.97 Å². The van der Waals surface area contributed by atoms with Gasteiger partial charge in [0.25, 0.3) is 0 Å². The van der Waals surface area contributed by atoms with Crippen molar-refractivity contribution >= 4 is 5.97 Å². The van der Waals surface area contributed by atoms with E-state index in [-0.39, 0.29) is 6.54 Å². The van der Waals surface area contributed by atoms with Gasteiger partial charge in [0.15, 0.2) is 0 Å². The predicted octanol–water partition coefficient (Wildman–Crippen LogP) is 4.93. The normalized spacial score (nSPS) is 23.5. The fourth-order valence-electron chi connectivity index (χ4n) is 5.59. The average Bonchev–Trinajstić information content (AvgIpc) is 3.17. The monoisotopic (exact) mass is 414 g/mol. The van der Waals surface area contributed by atoms with Gasteiger partial charge in [0.1, 0.15) is 0 Å². The number of nitrogens with zero attached hydrogens (tertiary/aromatic N) is 2. The van der Waals surface area contributed by atoms with Crippen molar-refractivity contribution in [3.05, 3.63) is 35.9 Å². The molecular weight excluding hydrogens is 372 g/mol. The smallest absolute Gasteiger partial charge is 0.317 e. The molecule has 1 aromatic rings. The molecule has 2 atom stereocenters. The molecule has 1 aliphatic heterocycles. The second-order valence-electron chi connectivity index (χ2n) is 10.2. The summed E-state index contributed by atoms with van der Waals surface area (Å²) in [5.74, 6) is 1.48. The lowest BCUT2D eigenvalue weighted by Gasteiger charge is -2.34. The zero-order chi connectivity index (χ0) is 21.3. The Morgan fingerprint density at radius 2 is 1.83 bits per heavy atom. The van der Waals surface area contributed by atoms with Gasteiger partial charge < -0.3 is 10.0 Å². The van der Waals surface area contributed by atoms with E-state index in [1.807, 2.05) is 0 Å². The molecule has 1 N–H and O–H groups in total. The van der Waals surface area contributed by atoms with Gasteiger partial charge in [-0.2, -0.15) is 0 Å². The standard InChI is InChI=1S/C26H42N2O2/c1-21(2)18-28(20-26(29)30)25-12-11-24(17-25)19-27-15-13-23(14-16-27)10-6-9-22-7-4-3-5-8-22/h3-5,7-8,21,23-25H,6,9-20H2,1-2H3,(H,29,30)/t24-,25?/m1/s1. The van der Waals surface area contributed by atoms with Crippen LogP contribution in [0.15, 0.2) is 30.3 Å². The molecule has 4 heteroatoms. The predicted molar refractivity (Wildman–Crippen MR) is 124 cm³/mol. The van der Waals surface area contributed by atoms with Crippen molar-refractivity contribution < 1.29 is 9.90 Å². The Hall–Kier alpha value is -1.39. The highest BCUT2D eigenvalue weighted by Crippen LogP contribution is 2.32. The zero-order valence-electron chi connectivity index (χ0n) is 19.1. The summed E-state index contributed by atoms with van der Waals surface area (Å²) in [4.78, 5) is 16.2. The van der Waals surface area contributed by atoms with Crippen LogP contribution < -0.4 is 0 Å². The van der Waals surface area contributed by atoms with Gasteiger partial charge in [0.2, 0.25) is 0 Å². The lowest BCUT2D eigenvalue weighted by molar-refractivity contribution is -0.139. The van der Waals surface area contributed by atoms with Crippen LogP contribution in [0.25, 0.3) is 0 Å². The summed E-state index contributed by atoms with van der Waals surface area (Å²) in [7, 11) is 0. The number of carbonyl (C=O) groups is 1. The topological polar surface area (TPSA) is 43.8 Å². The highest BCUT2D eigenvalue weighted by molar-refractivity contribution is 5.69. The first-order valence-electron chi connectivity index (χ1n) is 12.2. The maximum atomic E-state index is 11.3. The fourth-order valence-corrected chi connectivity index (χ4v) is 5.59. The van der Waals surface area contributed by atoms with Crippen molar-refractivity contribution in [1.82, 2.24) is 9.80 Å². The number of aliphatic carboxylic acids is 1. The third-order valence-corrected chi connectivity index (χ3v) is 7.11. The van der Waals surface area contributed by atoms with Gasteiger partial charge in [0, 0.05) is 19.1 Å². The second kappa shape index (κ2) is 11.9. The van der Waals surface area contributed by atoms with Crippen LogP contribution in [-0.2, 0) is 11.2 Å². The molecule has 0 spiro atoms. The van der Waals surface area contributed by atoms with E-state index in [4.69, 9.17) is 0 Å². The van der Waals surface area contributed by atoms with E-state index in [0.717, 1.165) is 18.4 Å². The highest BCUT2D eigenvalue weighted by atomic mass is 16.4. The number of benzene rings is 1. The molecule has 0 aromatic heterocycles. The van der Waals surface area contributed by atoms with Crippen LogP contribution in [0.3, 0.4) is 0 Å². The Morgan fingerprint density at radius 3 is 2.50 bits per heavy atom. The summed E-state index contributed by atoms with van der Waals surface area (Å²) < 4.78 is 0. The number of aryl methyl sites for hydroxylation is 1. The number of piperidine rings is 1. The number of hydrogen-bond acceptors (Lipinski definition) is 3. The minimum absolute atomic E-state index is 0.198. The van der Waals surface area contributed by atoms with Crippen molar-refractivity contribution in [2.75, 3.05) is 32.7 Å². The Bertz CT molecular complexity index is 625. The fraction of sp³-hybridized carbons (Fsp3) is 0.731. The van der Waals surface area contributed by atoms with E-state index in [1.54, 1.807) is 0 Å². The molecule has 3 rings (SSSR count). The van der Waals surface area contributed by atoms with Crippen molar-refractivity contribution in [3.63, 3.8) is 0 Å². The summed E-state index contributed by atoms with van der Waals surface area (Å²) >= 11 is 0. The van der Waals surface area contributed by atoms with Crippen molar-refractivity contribution in [2.45, 2.75) is 71.3 Å². The van der Waals surface area contributed by atoms with Gasteiger partial charge in [-0.1, -0.05) is 50.6 Å². The maximum Gasteiger partial charge on any atom is 0.317 e. The highest BCUT2D eigenvalue weighted by Gasteiger charge is 2.32. The van der Waals surface area contributed by atoms with Crippen LogP contribution in [0.1, 0.15) is 64.4 Å². The molecule has 1 saturated carbocycles. The quantitative estimate of drug-likeness (QED) is 0.557. The van der Waals surface area contributed by atoms with Crippen LogP contribution in [0, 0.1) is 17.8 Å². The van der Waals surface area contributed by atoms with E-state index in [1.165, 1.54) is 76.6 Å². The van der Waals surface area contributed by atoms with Gasteiger partial charge in [0.05, 0.1) is 6.54 Å². The summed E-state index contributed by atoms with van der Waals surface area (Å²) in [5.41, 5.74) is 1.47. The minimum atomic E-state index is -0.687. The molecule has 1 unspecified atom stereocenters. The molecule has 1 aliphatic carbocycles. The van der Waals surface area contributed by atoms with Gasteiger partial charge in [-0.05, 0) is 81.4 Å². The first-order chi connectivity index (χ1) is 14.5. The Morgan fingerprint density at radius 1 is 1.10 bits per heavy atom. The van der Waals surface area contributed by atoms with Crippen LogP contribution in [0.5, 0.6) is 0 Å². The van der Waals surface area contributed by atoms with Gasteiger partial charge in [-0.15, -0.1) is 0 Å². The summed E-state index contributed by atoms with van der Waals surface area (Å²) in [6.45, 7) is 9.19. The molecule has 0 radical (unpaired) electrons. The number of carboxylic acid groups (broad SMARTS) is 1. The van der Waals surface area contributed by atoms with E-state index in [0.29, 0.717) is 12.0 Å². The number of likely N-dealkylation sites (tertiary alicyclic amines) is 1. The first-order valence-corrected chi connectivity index (χ1v) is 12.2. The summed E-state index contributed by atoms with van der Waals surface area (Å²) in [6.07, 6.45) is 10.2. The van der Waals surface area contributed by atoms with E-state index in [9.17, 15) is 9.90 Å². The van der Waals surface area contributed by atoms with Crippen molar-refractivity contribution in [1.29, 1.82) is 0 Å². The molecule has 2 fully saturated rings. The Balaban J connectivity index is 1.34. The van der Waals surface area contributed by atoms with E-state index in [2.05, 4.69) is 54.0 Å². The molecule has 0 bridgehead atoms. The average molecular weight is 415 g/mol. The largest absolute Gasteiger partial charge is 0.480 e. The number of hydrogen-bond donors (Lipinski definition) is 1. The number of rotatable bonds is 11. The molecule has 1 aromatic carbocycles. The molecular formula is C26H42N2O2. The molecule has 0 amide bonds. The molecule has 168 valence electrons. The summed E-state index contributed by atoms with van der Waals surface area (Å²) in [5, 5.41) is 9.29. The van der Waals surface area contributed by atoms with Gasteiger partial charge in [-0.3, -0.25) is 9.69 Å². The third-order valence-electron chi connectivity index (χ3n) is 7.11. The zero-order valence-corrected chi connectivity index (χ0v) is 19.1. The Labute approximate surface area is 183 Å². The molecule has 30 heavy (non-hydrogen) atoms. The minimum Gasteiger partial charge on any atom is -0.480 e. The molecule has 1 saturated heterocycles. The third kappa shape index (κ3) is 7.70. The van der Waals surface area contributed by atoms with Crippen LogP contribution >= 0.6 is 0 Å². The van der Waals surface area contributed by atoms with E-state index >= 15 is 0 Å². The lowest BCUT2D eigenvalue weighted by atomic mass is 9.90. The van der Waals surface area contributed by atoms with Crippen molar-refractivity contribution in [2.24, 2.45) is 17.8 Å².